The van der Waals surface area contributed by atoms with Crippen molar-refractivity contribution in [2.45, 2.75) is 25.7 Å². The summed E-state index contributed by atoms with van der Waals surface area (Å²) in [6.45, 7) is 0. The molecular formula is C14H17NO2. The molecule has 1 aliphatic carbocycles. The third kappa shape index (κ3) is 2.87. The summed E-state index contributed by atoms with van der Waals surface area (Å²) in [7, 11) is 1.66. The molecule has 0 aliphatic heterocycles. The fourth-order valence-corrected chi connectivity index (χ4v) is 2.08. The van der Waals surface area contributed by atoms with Crippen LogP contribution in [0.5, 0.6) is 5.75 Å². The minimum Gasteiger partial charge on any atom is -0.497 e. The summed E-state index contributed by atoms with van der Waals surface area (Å²) < 4.78 is 5.12. The number of allylic oxidation sites excluding steroid dienone is 1. The molecule has 0 heterocycles. The van der Waals surface area contributed by atoms with Crippen molar-refractivity contribution < 1.29 is 9.94 Å². The van der Waals surface area contributed by atoms with E-state index in [9.17, 15) is 0 Å². The molecule has 1 N–H and O–H groups in total. The van der Waals surface area contributed by atoms with Crippen LogP contribution in [0.15, 0.2) is 35.0 Å². The second-order valence-corrected chi connectivity index (χ2v) is 4.20. The lowest BCUT2D eigenvalue weighted by Crippen LogP contribution is -2.08. The summed E-state index contributed by atoms with van der Waals surface area (Å²) >= 11 is 0. The highest BCUT2D eigenvalue weighted by Gasteiger charge is 2.13. The van der Waals surface area contributed by atoms with Crippen LogP contribution in [-0.4, -0.2) is 18.0 Å². The van der Waals surface area contributed by atoms with E-state index >= 15 is 0 Å². The molecule has 90 valence electrons. The molecule has 1 aliphatic rings. The first kappa shape index (κ1) is 11.7. The Kier molecular flexibility index (Phi) is 3.81. The zero-order chi connectivity index (χ0) is 12.1. The van der Waals surface area contributed by atoms with Crippen molar-refractivity contribution in [3.63, 3.8) is 0 Å². The quantitative estimate of drug-likeness (QED) is 0.625. The maximum Gasteiger partial charge on any atom is 0.118 e. The van der Waals surface area contributed by atoms with Gasteiger partial charge in [-0.1, -0.05) is 17.3 Å². The normalized spacial score (nSPS) is 20.8. The number of hydrogen-bond donors (Lipinski definition) is 1. The van der Waals surface area contributed by atoms with Gasteiger partial charge in [0.1, 0.15) is 5.75 Å². The average molecular weight is 231 g/mol. The van der Waals surface area contributed by atoms with Crippen LogP contribution in [0.25, 0.3) is 6.08 Å². The molecule has 0 unspecified atom stereocenters. The van der Waals surface area contributed by atoms with Crippen LogP contribution in [0.3, 0.4) is 0 Å². The molecule has 2 rings (SSSR count). The molecule has 1 fully saturated rings. The summed E-state index contributed by atoms with van der Waals surface area (Å²) in [5, 5.41) is 12.3. The van der Waals surface area contributed by atoms with Crippen molar-refractivity contribution in [3.05, 3.63) is 35.4 Å². The lowest BCUT2D eigenvalue weighted by Gasteiger charge is -2.15. The van der Waals surface area contributed by atoms with Crippen LogP contribution in [-0.2, 0) is 0 Å². The largest absolute Gasteiger partial charge is 0.497 e. The number of oxime groups is 1. The molecular weight excluding hydrogens is 214 g/mol. The minimum atomic E-state index is 0.826. The van der Waals surface area contributed by atoms with Crippen LogP contribution in [0.1, 0.15) is 31.2 Å². The summed E-state index contributed by atoms with van der Waals surface area (Å²) in [6, 6.07) is 7.89. The Balaban J connectivity index is 2.21. The molecule has 3 nitrogen and oxygen atoms in total. The zero-order valence-corrected chi connectivity index (χ0v) is 10.0. The first-order valence-corrected chi connectivity index (χ1v) is 5.89. The Morgan fingerprint density at radius 2 is 1.88 bits per heavy atom. The second-order valence-electron chi connectivity index (χ2n) is 4.20. The maximum atomic E-state index is 8.95. The molecule has 0 aromatic heterocycles. The highest BCUT2D eigenvalue weighted by Crippen LogP contribution is 2.24. The lowest BCUT2D eigenvalue weighted by atomic mass is 9.91. The third-order valence-electron chi connectivity index (χ3n) is 3.06. The van der Waals surface area contributed by atoms with Crippen molar-refractivity contribution in [2.24, 2.45) is 5.16 Å². The highest BCUT2D eigenvalue weighted by molar-refractivity contribution is 6.03. The predicted molar refractivity (Wildman–Crippen MR) is 68.7 cm³/mol. The molecule has 0 atom stereocenters. The van der Waals surface area contributed by atoms with Gasteiger partial charge in [0.05, 0.1) is 12.8 Å². The number of rotatable bonds is 2. The molecule has 1 saturated carbocycles. The summed E-state index contributed by atoms with van der Waals surface area (Å²) in [5.41, 5.74) is 3.08. The number of methoxy groups -OCH3 is 1. The Morgan fingerprint density at radius 3 is 2.53 bits per heavy atom. The molecule has 0 amide bonds. The van der Waals surface area contributed by atoms with E-state index in [0.29, 0.717) is 0 Å². The summed E-state index contributed by atoms with van der Waals surface area (Å²) in [4.78, 5) is 0. The Bertz CT molecular complexity index is 432. The van der Waals surface area contributed by atoms with Gasteiger partial charge in [-0.05, 0) is 55.0 Å². The van der Waals surface area contributed by atoms with Gasteiger partial charge >= 0.3 is 0 Å². The topological polar surface area (TPSA) is 41.8 Å². The first-order valence-electron chi connectivity index (χ1n) is 5.89. The van der Waals surface area contributed by atoms with E-state index in [1.807, 2.05) is 24.3 Å². The predicted octanol–water partition coefficient (Wildman–Crippen LogP) is 3.48. The van der Waals surface area contributed by atoms with Gasteiger partial charge < -0.3 is 9.94 Å². The van der Waals surface area contributed by atoms with Crippen molar-refractivity contribution in [3.8, 4) is 5.75 Å². The zero-order valence-electron chi connectivity index (χ0n) is 10.0. The van der Waals surface area contributed by atoms with Gasteiger partial charge in [0.25, 0.3) is 0 Å². The molecule has 1 aromatic rings. The molecule has 1 aromatic carbocycles. The van der Waals surface area contributed by atoms with Gasteiger partial charge in [-0.25, -0.2) is 0 Å². The summed E-state index contributed by atoms with van der Waals surface area (Å²) in [5.74, 6) is 0.854. The number of ether oxygens (including phenoxy) is 1. The van der Waals surface area contributed by atoms with Gasteiger partial charge in [-0.15, -0.1) is 0 Å². The monoisotopic (exact) mass is 231 g/mol. The second kappa shape index (κ2) is 5.53. The van der Waals surface area contributed by atoms with Gasteiger partial charge in [-0.2, -0.15) is 0 Å². The van der Waals surface area contributed by atoms with Gasteiger partial charge in [0.15, 0.2) is 0 Å². The van der Waals surface area contributed by atoms with Gasteiger partial charge in [0.2, 0.25) is 0 Å². The van der Waals surface area contributed by atoms with Crippen molar-refractivity contribution in [1.82, 2.24) is 0 Å². The molecule has 0 bridgehead atoms. The molecule has 17 heavy (non-hydrogen) atoms. The van der Waals surface area contributed by atoms with E-state index in [1.165, 1.54) is 6.42 Å². The third-order valence-corrected chi connectivity index (χ3v) is 3.06. The van der Waals surface area contributed by atoms with Crippen molar-refractivity contribution >= 4 is 11.8 Å². The van der Waals surface area contributed by atoms with E-state index in [4.69, 9.17) is 9.94 Å². The van der Waals surface area contributed by atoms with Crippen LogP contribution < -0.4 is 4.74 Å². The van der Waals surface area contributed by atoms with E-state index in [-0.39, 0.29) is 0 Å². The van der Waals surface area contributed by atoms with Crippen LogP contribution in [0.2, 0.25) is 0 Å². The van der Waals surface area contributed by atoms with Crippen molar-refractivity contribution in [2.75, 3.05) is 7.11 Å². The van der Waals surface area contributed by atoms with Crippen molar-refractivity contribution in [1.29, 1.82) is 0 Å². The lowest BCUT2D eigenvalue weighted by molar-refractivity contribution is 0.316. The molecule has 3 heteroatoms. The molecule has 0 spiro atoms. The smallest absolute Gasteiger partial charge is 0.118 e. The fourth-order valence-electron chi connectivity index (χ4n) is 2.08. The van der Waals surface area contributed by atoms with Crippen LogP contribution >= 0.6 is 0 Å². The van der Waals surface area contributed by atoms with Crippen LogP contribution in [0, 0.1) is 0 Å². The SMILES string of the molecule is COc1ccc(/C=C2\CCCC\C2=N\O)cc1. The van der Waals surface area contributed by atoms with Gasteiger partial charge in [-0.3, -0.25) is 0 Å². The Labute approximate surface area is 101 Å². The number of hydrogen-bond acceptors (Lipinski definition) is 3. The summed E-state index contributed by atoms with van der Waals surface area (Å²) in [6.07, 6.45) is 6.23. The maximum absolute atomic E-state index is 8.95. The average Bonchev–Trinajstić information content (AvgIpc) is 2.40. The van der Waals surface area contributed by atoms with E-state index in [1.54, 1.807) is 7.11 Å². The minimum absolute atomic E-state index is 0.826. The first-order chi connectivity index (χ1) is 8.33. The molecule has 0 radical (unpaired) electrons. The highest BCUT2D eigenvalue weighted by atomic mass is 16.5. The standard InChI is InChI=1S/C14H17NO2/c1-17-13-8-6-11(7-9-13)10-12-4-2-3-5-14(12)15-16/h6-10,16H,2-5H2,1H3/b12-10+,15-14-. The molecule has 0 saturated heterocycles. The number of benzene rings is 1. The fraction of sp³-hybridized carbons (Fsp3) is 0.357. The van der Waals surface area contributed by atoms with E-state index < -0.39 is 0 Å². The Morgan fingerprint density at radius 1 is 1.18 bits per heavy atom. The Hall–Kier alpha value is -1.77. The van der Waals surface area contributed by atoms with E-state index in [0.717, 1.165) is 41.9 Å². The van der Waals surface area contributed by atoms with E-state index in [2.05, 4.69) is 11.2 Å². The number of nitrogens with zero attached hydrogens (tertiary/aromatic N) is 1. The van der Waals surface area contributed by atoms with Gasteiger partial charge in [0, 0.05) is 0 Å². The van der Waals surface area contributed by atoms with Crippen LogP contribution in [0.4, 0.5) is 0 Å².